The van der Waals surface area contributed by atoms with Crippen LogP contribution in [-0.4, -0.2) is 10.1 Å². The van der Waals surface area contributed by atoms with Crippen LogP contribution < -0.4 is 0 Å². The van der Waals surface area contributed by atoms with Crippen LogP contribution in [0.4, 0.5) is 0 Å². The van der Waals surface area contributed by atoms with E-state index in [4.69, 9.17) is 0 Å². The largest absolute Gasteiger partial charge is 0.506 e. The smallest absolute Gasteiger partial charge is 0.141 e. The molecule has 1 aromatic carbocycles. The maximum Gasteiger partial charge on any atom is 0.141 e. The molecule has 1 N–H and O–H groups in total. The first-order valence-corrected chi connectivity index (χ1v) is 5.31. The Morgan fingerprint density at radius 2 is 2.07 bits per heavy atom. The van der Waals surface area contributed by atoms with E-state index in [9.17, 15) is 5.11 Å². The molecule has 0 aliphatic carbocycles. The van der Waals surface area contributed by atoms with Crippen molar-refractivity contribution in [1.82, 2.24) is 4.98 Å². The molecule has 14 heavy (non-hydrogen) atoms. The van der Waals surface area contributed by atoms with E-state index in [1.807, 2.05) is 6.07 Å². The van der Waals surface area contributed by atoms with Gasteiger partial charge in [-0.15, -0.1) is 0 Å². The number of phenolic OH excluding ortho intramolecular Hbond substituents is 1. The molecule has 0 saturated heterocycles. The highest BCUT2D eigenvalue weighted by Crippen LogP contribution is 2.51. The summed E-state index contributed by atoms with van der Waals surface area (Å²) in [7, 11) is 0. The van der Waals surface area contributed by atoms with Gasteiger partial charge in [-0.3, -0.25) is 0 Å². The molecule has 0 amide bonds. The van der Waals surface area contributed by atoms with Gasteiger partial charge in [-0.05, 0) is 31.0 Å². The molecular weight excluding hydrogens is 194 g/mol. The number of benzene rings is 1. The van der Waals surface area contributed by atoms with Crippen molar-refractivity contribution < 1.29 is 5.11 Å². The van der Waals surface area contributed by atoms with Crippen molar-refractivity contribution in [3.8, 4) is 5.75 Å². The van der Waals surface area contributed by atoms with Gasteiger partial charge in [0, 0.05) is 5.39 Å². The van der Waals surface area contributed by atoms with Crippen LogP contribution >= 0.6 is 11.8 Å². The molecule has 70 valence electrons. The van der Waals surface area contributed by atoms with Crippen molar-refractivity contribution in [3.63, 3.8) is 0 Å². The second-order valence-corrected chi connectivity index (χ2v) is 4.60. The fourth-order valence-electron chi connectivity index (χ4n) is 1.86. The van der Waals surface area contributed by atoms with Gasteiger partial charge in [0.25, 0.3) is 0 Å². The standard InChI is InChI=1S/C11H9NOS/c1-5-3-4-7(13)9-8(5)6(2)10-11(12-9)14-10/h3-4,13H,1-2H3. The number of rotatable bonds is 0. The number of nitrogens with zero attached hydrogens (tertiary/aromatic N) is 1. The van der Waals surface area contributed by atoms with Crippen molar-refractivity contribution in [2.75, 3.05) is 0 Å². The van der Waals surface area contributed by atoms with Crippen LogP contribution in [0.5, 0.6) is 5.75 Å². The highest BCUT2D eigenvalue weighted by atomic mass is 32.2. The Labute approximate surface area is 86.0 Å². The zero-order chi connectivity index (χ0) is 9.87. The molecular formula is C11H9NOS. The van der Waals surface area contributed by atoms with Crippen LogP contribution in [0.15, 0.2) is 22.1 Å². The van der Waals surface area contributed by atoms with Crippen LogP contribution in [0.2, 0.25) is 0 Å². The summed E-state index contributed by atoms with van der Waals surface area (Å²) in [6, 6.07) is 3.65. The third-order valence-electron chi connectivity index (χ3n) is 2.65. The van der Waals surface area contributed by atoms with E-state index in [2.05, 4.69) is 18.8 Å². The summed E-state index contributed by atoms with van der Waals surface area (Å²) in [5, 5.41) is 11.9. The second kappa shape index (κ2) is 2.42. The molecule has 1 aliphatic rings. The fourth-order valence-corrected chi connectivity index (χ4v) is 2.60. The molecule has 0 spiro atoms. The maximum atomic E-state index is 9.70. The van der Waals surface area contributed by atoms with Gasteiger partial charge >= 0.3 is 0 Å². The van der Waals surface area contributed by atoms with Crippen molar-refractivity contribution in [2.24, 2.45) is 0 Å². The number of aryl methyl sites for hydroxylation is 2. The Kier molecular flexibility index (Phi) is 1.40. The number of aromatic hydroxyl groups is 1. The molecule has 0 saturated carbocycles. The average molecular weight is 203 g/mol. The lowest BCUT2D eigenvalue weighted by Gasteiger charge is -2.04. The van der Waals surface area contributed by atoms with Gasteiger partial charge in [-0.25, -0.2) is 4.98 Å². The van der Waals surface area contributed by atoms with E-state index in [-0.39, 0.29) is 5.75 Å². The normalized spacial score (nSPS) is 13.0. The van der Waals surface area contributed by atoms with Gasteiger partial charge in [-0.1, -0.05) is 17.8 Å². The maximum absolute atomic E-state index is 9.70. The third kappa shape index (κ3) is 0.904. The minimum absolute atomic E-state index is 0.281. The van der Waals surface area contributed by atoms with Crippen molar-refractivity contribution >= 4 is 22.7 Å². The Morgan fingerprint density at radius 1 is 1.29 bits per heavy atom. The summed E-state index contributed by atoms with van der Waals surface area (Å²) in [5.41, 5.74) is 3.17. The molecule has 0 atom stereocenters. The second-order valence-electron chi connectivity index (χ2n) is 3.60. The quantitative estimate of drug-likeness (QED) is 0.570. The van der Waals surface area contributed by atoms with Crippen LogP contribution in [0.1, 0.15) is 11.1 Å². The molecule has 1 aliphatic heterocycles. The number of pyridine rings is 1. The van der Waals surface area contributed by atoms with Gasteiger partial charge in [0.15, 0.2) is 0 Å². The molecule has 2 aromatic rings. The number of hydrogen-bond acceptors (Lipinski definition) is 3. The highest BCUT2D eigenvalue weighted by molar-refractivity contribution is 8.04. The third-order valence-corrected chi connectivity index (χ3v) is 3.63. The van der Waals surface area contributed by atoms with Gasteiger partial charge in [0.2, 0.25) is 0 Å². The van der Waals surface area contributed by atoms with E-state index < -0.39 is 0 Å². The summed E-state index contributed by atoms with van der Waals surface area (Å²) in [6.45, 7) is 4.14. The Bertz CT molecular complexity index is 563. The van der Waals surface area contributed by atoms with Crippen molar-refractivity contribution in [1.29, 1.82) is 0 Å². The van der Waals surface area contributed by atoms with E-state index in [1.54, 1.807) is 17.8 Å². The number of phenols is 1. The van der Waals surface area contributed by atoms with Crippen LogP contribution in [-0.2, 0) is 0 Å². The topological polar surface area (TPSA) is 33.1 Å². The van der Waals surface area contributed by atoms with E-state index in [0.29, 0.717) is 0 Å². The summed E-state index contributed by atoms with van der Waals surface area (Å²) in [5.74, 6) is 0.281. The van der Waals surface area contributed by atoms with Gasteiger partial charge in [0.05, 0.1) is 4.90 Å². The van der Waals surface area contributed by atoms with Crippen LogP contribution in [0.3, 0.4) is 0 Å². The Hall–Kier alpha value is -1.22. The zero-order valence-electron chi connectivity index (χ0n) is 7.96. The molecule has 0 fully saturated rings. The molecule has 3 heteroatoms. The predicted molar refractivity (Wildman–Crippen MR) is 57.0 cm³/mol. The summed E-state index contributed by atoms with van der Waals surface area (Å²) in [6.07, 6.45) is 0. The minimum atomic E-state index is 0.281. The zero-order valence-corrected chi connectivity index (χ0v) is 8.77. The number of aromatic nitrogens is 1. The first-order valence-electron chi connectivity index (χ1n) is 4.49. The lowest BCUT2D eigenvalue weighted by Crippen LogP contribution is -1.85. The molecule has 2 heterocycles. The van der Waals surface area contributed by atoms with Crippen LogP contribution in [0.25, 0.3) is 10.9 Å². The van der Waals surface area contributed by atoms with Gasteiger partial charge in [-0.2, -0.15) is 0 Å². The average Bonchev–Trinajstić information content (AvgIpc) is 2.91. The van der Waals surface area contributed by atoms with Gasteiger partial charge in [0.1, 0.15) is 16.3 Å². The van der Waals surface area contributed by atoms with E-state index in [0.717, 1.165) is 15.9 Å². The predicted octanol–water partition coefficient (Wildman–Crippen LogP) is 3.02. The lowest BCUT2D eigenvalue weighted by atomic mass is 10.0. The molecule has 3 rings (SSSR count). The summed E-state index contributed by atoms with van der Waals surface area (Å²) >= 11 is 1.70. The molecule has 0 radical (unpaired) electrons. The SMILES string of the molecule is Cc1ccc(O)c2nc3c(c(C)c12)S3. The highest BCUT2D eigenvalue weighted by Gasteiger charge is 2.26. The molecule has 0 bridgehead atoms. The number of hydrogen-bond donors (Lipinski definition) is 1. The fraction of sp³-hybridized carbons (Fsp3) is 0.182. The van der Waals surface area contributed by atoms with Gasteiger partial charge < -0.3 is 5.11 Å². The van der Waals surface area contributed by atoms with E-state index >= 15 is 0 Å². The van der Waals surface area contributed by atoms with Crippen molar-refractivity contribution in [2.45, 2.75) is 23.8 Å². The lowest BCUT2D eigenvalue weighted by molar-refractivity contribution is 0.480. The monoisotopic (exact) mass is 203 g/mol. The molecule has 0 unspecified atom stereocenters. The molecule has 1 aromatic heterocycles. The van der Waals surface area contributed by atoms with Crippen LogP contribution in [0, 0.1) is 13.8 Å². The summed E-state index contributed by atoms with van der Waals surface area (Å²) in [4.78, 5) is 5.69. The Morgan fingerprint density at radius 3 is 2.86 bits per heavy atom. The van der Waals surface area contributed by atoms with Crippen molar-refractivity contribution in [3.05, 3.63) is 23.3 Å². The minimum Gasteiger partial charge on any atom is -0.506 e. The Balaban J connectivity index is 2.57. The summed E-state index contributed by atoms with van der Waals surface area (Å²) < 4.78 is 0. The first-order chi connectivity index (χ1) is 6.68. The number of fused-ring (bicyclic) bond motifs is 2. The molecule has 2 nitrogen and oxygen atoms in total. The first kappa shape index (κ1) is 8.12. The van der Waals surface area contributed by atoms with E-state index in [1.165, 1.54) is 16.0 Å².